The number of benzene rings is 1. The molecule has 0 aromatic heterocycles. The molecule has 0 amide bonds. The molecule has 3 heteroatoms. The van der Waals surface area contributed by atoms with Crippen LogP contribution in [0.4, 0.5) is 5.69 Å². The van der Waals surface area contributed by atoms with Crippen LogP contribution in [-0.2, 0) is 0 Å². The summed E-state index contributed by atoms with van der Waals surface area (Å²) in [7, 11) is 0. The molecule has 0 heterocycles. The second kappa shape index (κ2) is 4.57. The standard InChI is InChI=1S/C12H14ClNO/c1-12(2,8-15)6-5-9-3-4-11(14)10(13)7-9/h3-4,7,15H,8,14H2,1-2H3. The molecular formula is C12H14ClNO. The minimum atomic E-state index is -0.395. The Morgan fingerprint density at radius 2 is 2.13 bits per heavy atom. The van der Waals surface area contributed by atoms with Gasteiger partial charge in [-0.1, -0.05) is 23.4 Å². The maximum Gasteiger partial charge on any atom is 0.0647 e. The summed E-state index contributed by atoms with van der Waals surface area (Å²) in [4.78, 5) is 0. The van der Waals surface area contributed by atoms with Gasteiger partial charge in [0, 0.05) is 11.0 Å². The van der Waals surface area contributed by atoms with Crippen molar-refractivity contribution >= 4 is 17.3 Å². The Labute approximate surface area is 95.1 Å². The number of nitrogen functional groups attached to an aromatic ring is 1. The predicted octanol–water partition coefficient (Wildman–Crippen LogP) is 2.29. The highest BCUT2D eigenvalue weighted by atomic mass is 35.5. The minimum Gasteiger partial charge on any atom is -0.398 e. The summed E-state index contributed by atoms with van der Waals surface area (Å²) in [5.74, 6) is 5.93. The van der Waals surface area contributed by atoms with Gasteiger partial charge >= 0.3 is 0 Å². The molecule has 0 aliphatic rings. The molecule has 1 aromatic rings. The van der Waals surface area contributed by atoms with E-state index in [1.165, 1.54) is 0 Å². The molecule has 0 saturated heterocycles. The fraction of sp³-hybridized carbons (Fsp3) is 0.333. The number of rotatable bonds is 1. The zero-order valence-corrected chi connectivity index (χ0v) is 9.60. The molecular weight excluding hydrogens is 210 g/mol. The van der Waals surface area contributed by atoms with Crippen molar-refractivity contribution in [3.05, 3.63) is 28.8 Å². The molecule has 0 atom stereocenters. The van der Waals surface area contributed by atoms with Crippen LogP contribution >= 0.6 is 11.6 Å². The smallest absolute Gasteiger partial charge is 0.0647 e. The lowest BCUT2D eigenvalue weighted by molar-refractivity contribution is 0.206. The lowest BCUT2D eigenvalue weighted by Crippen LogP contribution is -2.13. The molecule has 0 aliphatic carbocycles. The third-order valence-corrected chi connectivity index (χ3v) is 2.27. The molecule has 0 aliphatic heterocycles. The van der Waals surface area contributed by atoms with Gasteiger partial charge in [-0.3, -0.25) is 0 Å². The van der Waals surface area contributed by atoms with E-state index in [2.05, 4.69) is 11.8 Å². The van der Waals surface area contributed by atoms with Crippen molar-refractivity contribution in [3.63, 3.8) is 0 Å². The van der Waals surface area contributed by atoms with E-state index in [9.17, 15) is 0 Å². The molecule has 1 aromatic carbocycles. The van der Waals surface area contributed by atoms with Crippen molar-refractivity contribution in [3.8, 4) is 11.8 Å². The zero-order chi connectivity index (χ0) is 11.5. The van der Waals surface area contributed by atoms with Crippen LogP contribution in [0.5, 0.6) is 0 Å². The quantitative estimate of drug-likeness (QED) is 0.567. The fourth-order valence-electron chi connectivity index (χ4n) is 0.886. The maximum atomic E-state index is 9.02. The predicted molar refractivity (Wildman–Crippen MR) is 63.6 cm³/mol. The number of aliphatic hydroxyl groups is 1. The van der Waals surface area contributed by atoms with Gasteiger partial charge in [0.1, 0.15) is 0 Å². The lowest BCUT2D eigenvalue weighted by Gasteiger charge is -2.11. The van der Waals surface area contributed by atoms with Gasteiger partial charge in [0.15, 0.2) is 0 Å². The maximum absolute atomic E-state index is 9.02. The van der Waals surface area contributed by atoms with Gasteiger partial charge in [0.05, 0.1) is 17.3 Å². The molecule has 15 heavy (non-hydrogen) atoms. The summed E-state index contributed by atoms with van der Waals surface area (Å²) in [6, 6.07) is 5.25. The van der Waals surface area contributed by atoms with Crippen molar-refractivity contribution in [2.24, 2.45) is 5.41 Å². The number of hydrogen-bond acceptors (Lipinski definition) is 2. The number of halogens is 1. The summed E-state index contributed by atoms with van der Waals surface area (Å²) in [6.07, 6.45) is 0. The van der Waals surface area contributed by atoms with Gasteiger partial charge in [-0.15, -0.1) is 0 Å². The molecule has 80 valence electrons. The van der Waals surface area contributed by atoms with Crippen molar-refractivity contribution in [1.82, 2.24) is 0 Å². The highest BCUT2D eigenvalue weighted by Crippen LogP contribution is 2.19. The van der Waals surface area contributed by atoms with E-state index in [0.717, 1.165) is 5.56 Å². The molecule has 0 fully saturated rings. The van der Waals surface area contributed by atoms with Gasteiger partial charge in [0.25, 0.3) is 0 Å². The average Bonchev–Trinajstić information content (AvgIpc) is 2.20. The fourth-order valence-corrected chi connectivity index (χ4v) is 1.07. The van der Waals surface area contributed by atoms with Crippen LogP contribution in [0.1, 0.15) is 19.4 Å². The van der Waals surface area contributed by atoms with Gasteiger partial charge in [-0.25, -0.2) is 0 Å². The molecule has 0 saturated carbocycles. The van der Waals surface area contributed by atoms with E-state index in [1.54, 1.807) is 12.1 Å². The van der Waals surface area contributed by atoms with Crippen molar-refractivity contribution < 1.29 is 5.11 Å². The van der Waals surface area contributed by atoms with Crippen LogP contribution in [0, 0.1) is 17.3 Å². The van der Waals surface area contributed by atoms with E-state index in [-0.39, 0.29) is 6.61 Å². The minimum absolute atomic E-state index is 0.0305. The first-order chi connectivity index (χ1) is 6.94. The third kappa shape index (κ3) is 3.47. The van der Waals surface area contributed by atoms with Crippen LogP contribution in [0.2, 0.25) is 5.02 Å². The first-order valence-electron chi connectivity index (χ1n) is 4.64. The number of anilines is 1. The van der Waals surface area contributed by atoms with Crippen LogP contribution in [-0.4, -0.2) is 11.7 Å². The number of aliphatic hydroxyl groups excluding tert-OH is 1. The molecule has 0 unspecified atom stereocenters. The first kappa shape index (κ1) is 11.9. The molecule has 2 nitrogen and oxygen atoms in total. The van der Waals surface area contributed by atoms with Crippen LogP contribution in [0.25, 0.3) is 0 Å². The Morgan fingerprint density at radius 3 is 2.67 bits per heavy atom. The summed E-state index contributed by atoms with van der Waals surface area (Å²) in [5.41, 5.74) is 6.53. The first-order valence-corrected chi connectivity index (χ1v) is 5.01. The van der Waals surface area contributed by atoms with Crippen molar-refractivity contribution in [1.29, 1.82) is 0 Å². The zero-order valence-electron chi connectivity index (χ0n) is 8.84. The van der Waals surface area contributed by atoms with Crippen LogP contribution in [0.15, 0.2) is 18.2 Å². The monoisotopic (exact) mass is 223 g/mol. The normalized spacial score (nSPS) is 10.7. The Kier molecular flexibility index (Phi) is 3.62. The van der Waals surface area contributed by atoms with Gasteiger partial charge in [0.2, 0.25) is 0 Å². The van der Waals surface area contributed by atoms with E-state index in [4.69, 9.17) is 22.4 Å². The lowest BCUT2D eigenvalue weighted by atomic mass is 9.95. The van der Waals surface area contributed by atoms with E-state index in [1.807, 2.05) is 19.9 Å². The SMILES string of the molecule is CC(C)(C#Cc1ccc(N)c(Cl)c1)CO. The second-order valence-corrected chi connectivity index (χ2v) is 4.44. The van der Waals surface area contributed by atoms with E-state index >= 15 is 0 Å². The van der Waals surface area contributed by atoms with Gasteiger partial charge in [-0.05, 0) is 32.0 Å². The average molecular weight is 224 g/mol. The van der Waals surface area contributed by atoms with E-state index in [0.29, 0.717) is 10.7 Å². The number of hydrogen-bond donors (Lipinski definition) is 2. The summed E-state index contributed by atoms with van der Waals surface area (Å²) >= 11 is 5.86. The third-order valence-electron chi connectivity index (χ3n) is 1.94. The Hall–Kier alpha value is -1.17. The van der Waals surface area contributed by atoms with E-state index < -0.39 is 5.41 Å². The highest BCUT2D eigenvalue weighted by molar-refractivity contribution is 6.33. The molecule has 0 spiro atoms. The Balaban J connectivity index is 2.95. The summed E-state index contributed by atoms with van der Waals surface area (Å²) in [6.45, 7) is 3.78. The molecule has 3 N–H and O–H groups in total. The van der Waals surface area contributed by atoms with Crippen LogP contribution < -0.4 is 5.73 Å². The molecule has 1 rings (SSSR count). The van der Waals surface area contributed by atoms with Crippen molar-refractivity contribution in [2.45, 2.75) is 13.8 Å². The Morgan fingerprint density at radius 1 is 1.47 bits per heavy atom. The molecule has 0 radical (unpaired) electrons. The molecule has 0 bridgehead atoms. The van der Waals surface area contributed by atoms with Gasteiger partial charge < -0.3 is 10.8 Å². The summed E-state index contributed by atoms with van der Waals surface area (Å²) < 4.78 is 0. The Bertz CT molecular complexity index is 415. The highest BCUT2D eigenvalue weighted by Gasteiger charge is 2.11. The van der Waals surface area contributed by atoms with Crippen molar-refractivity contribution in [2.75, 3.05) is 12.3 Å². The summed E-state index contributed by atoms with van der Waals surface area (Å²) in [5, 5.41) is 9.53. The topological polar surface area (TPSA) is 46.2 Å². The van der Waals surface area contributed by atoms with Gasteiger partial charge in [-0.2, -0.15) is 0 Å². The largest absolute Gasteiger partial charge is 0.398 e. The van der Waals surface area contributed by atoms with Crippen LogP contribution in [0.3, 0.4) is 0 Å². The number of nitrogens with two attached hydrogens (primary N) is 1. The second-order valence-electron chi connectivity index (χ2n) is 4.03.